The number of benzene rings is 1. The molecule has 0 atom stereocenters. The Morgan fingerprint density at radius 1 is 1.26 bits per heavy atom. The molecule has 98 valence electrons. The van der Waals surface area contributed by atoms with E-state index in [9.17, 15) is 9.90 Å². The average Bonchev–Trinajstić information content (AvgIpc) is 2.35. The number of amides is 1. The highest BCUT2D eigenvalue weighted by molar-refractivity contribution is 6.34. The fourth-order valence-electron chi connectivity index (χ4n) is 1.54. The van der Waals surface area contributed by atoms with E-state index in [4.69, 9.17) is 23.2 Å². The number of phenols is 1. The van der Waals surface area contributed by atoms with Gasteiger partial charge in [-0.3, -0.25) is 4.79 Å². The van der Waals surface area contributed by atoms with Gasteiger partial charge in [-0.25, -0.2) is 4.98 Å². The number of nitrogens with zero attached hydrogens (tertiary/aromatic N) is 1. The first-order valence-corrected chi connectivity index (χ1v) is 6.16. The van der Waals surface area contributed by atoms with Crippen LogP contribution in [0.1, 0.15) is 16.1 Å². The van der Waals surface area contributed by atoms with E-state index in [0.717, 1.165) is 0 Å². The number of phenolic OH excluding ortho intramolecular Hbond substituents is 1. The summed E-state index contributed by atoms with van der Waals surface area (Å²) in [6, 6.07) is 7.40. The van der Waals surface area contributed by atoms with E-state index in [-0.39, 0.29) is 16.3 Å². The second kappa shape index (κ2) is 5.47. The van der Waals surface area contributed by atoms with E-state index in [1.165, 1.54) is 18.2 Å². The van der Waals surface area contributed by atoms with Gasteiger partial charge in [0.05, 0.1) is 22.0 Å². The molecule has 2 N–H and O–H groups in total. The molecule has 0 bridgehead atoms. The largest absolute Gasteiger partial charge is 0.508 e. The number of aromatic nitrogens is 1. The molecule has 2 aromatic rings. The third-order valence-corrected chi connectivity index (χ3v) is 3.03. The zero-order chi connectivity index (χ0) is 14.0. The first kappa shape index (κ1) is 13.6. The predicted molar refractivity (Wildman–Crippen MR) is 75.1 cm³/mol. The maximum Gasteiger partial charge on any atom is 0.257 e. The highest BCUT2D eigenvalue weighted by Crippen LogP contribution is 2.23. The van der Waals surface area contributed by atoms with Crippen LogP contribution in [0.3, 0.4) is 0 Å². The molecule has 0 unspecified atom stereocenters. The van der Waals surface area contributed by atoms with Crippen LogP contribution in [0.2, 0.25) is 10.2 Å². The first-order chi connectivity index (χ1) is 8.97. The third-order valence-electron chi connectivity index (χ3n) is 2.49. The van der Waals surface area contributed by atoms with Crippen molar-refractivity contribution in [3.63, 3.8) is 0 Å². The standard InChI is InChI=1S/C13H10Cl2N2O2/c1-7-11(4-5-12(15)16-7)17-13(19)9-6-8(18)2-3-10(9)14/h2-6,18H,1H3,(H,17,19). The van der Waals surface area contributed by atoms with Gasteiger partial charge in [-0.15, -0.1) is 0 Å². The topological polar surface area (TPSA) is 62.2 Å². The van der Waals surface area contributed by atoms with Crippen molar-refractivity contribution < 1.29 is 9.90 Å². The van der Waals surface area contributed by atoms with Crippen LogP contribution in [0.25, 0.3) is 0 Å². The van der Waals surface area contributed by atoms with E-state index in [0.29, 0.717) is 16.5 Å². The fraction of sp³-hybridized carbons (Fsp3) is 0.0769. The zero-order valence-electron chi connectivity index (χ0n) is 9.95. The van der Waals surface area contributed by atoms with Crippen LogP contribution in [0, 0.1) is 6.92 Å². The van der Waals surface area contributed by atoms with Gasteiger partial charge in [0.2, 0.25) is 0 Å². The summed E-state index contributed by atoms with van der Waals surface area (Å²) in [5.41, 5.74) is 1.32. The number of nitrogens with one attached hydrogen (secondary N) is 1. The Labute approximate surface area is 120 Å². The summed E-state index contributed by atoms with van der Waals surface area (Å²) in [5, 5.41) is 12.7. The number of aromatic hydroxyl groups is 1. The number of carbonyl (C=O) groups excluding carboxylic acids is 1. The van der Waals surface area contributed by atoms with E-state index in [1.54, 1.807) is 19.1 Å². The number of anilines is 1. The molecule has 0 fully saturated rings. The molecule has 1 heterocycles. The number of hydrogen-bond acceptors (Lipinski definition) is 3. The van der Waals surface area contributed by atoms with E-state index < -0.39 is 5.91 Å². The van der Waals surface area contributed by atoms with Gasteiger partial charge in [0.15, 0.2) is 0 Å². The van der Waals surface area contributed by atoms with Crippen molar-refractivity contribution >= 4 is 34.8 Å². The molecular weight excluding hydrogens is 287 g/mol. The maximum absolute atomic E-state index is 12.1. The SMILES string of the molecule is Cc1nc(Cl)ccc1NC(=O)c1cc(O)ccc1Cl. The van der Waals surface area contributed by atoms with Crippen molar-refractivity contribution in [1.29, 1.82) is 0 Å². The quantitative estimate of drug-likeness (QED) is 0.832. The number of halogens is 2. The smallest absolute Gasteiger partial charge is 0.257 e. The Morgan fingerprint density at radius 3 is 2.68 bits per heavy atom. The molecule has 1 amide bonds. The minimum atomic E-state index is -0.423. The van der Waals surface area contributed by atoms with Crippen LogP contribution >= 0.6 is 23.2 Å². The summed E-state index contributed by atoms with van der Waals surface area (Å²) in [5.74, 6) is -0.450. The lowest BCUT2D eigenvalue weighted by Gasteiger charge is -2.09. The van der Waals surface area contributed by atoms with Crippen molar-refractivity contribution in [1.82, 2.24) is 4.98 Å². The molecule has 4 nitrogen and oxygen atoms in total. The number of carbonyl (C=O) groups is 1. The minimum absolute atomic E-state index is 0.0273. The lowest BCUT2D eigenvalue weighted by molar-refractivity contribution is 0.102. The first-order valence-electron chi connectivity index (χ1n) is 5.40. The van der Waals surface area contributed by atoms with Gasteiger partial charge < -0.3 is 10.4 Å². The summed E-state index contributed by atoms with van der Waals surface area (Å²) in [4.78, 5) is 16.1. The lowest BCUT2D eigenvalue weighted by atomic mass is 10.2. The van der Waals surface area contributed by atoms with E-state index >= 15 is 0 Å². The molecule has 0 aliphatic heterocycles. The lowest BCUT2D eigenvalue weighted by Crippen LogP contribution is -2.13. The third kappa shape index (κ3) is 3.16. The summed E-state index contributed by atoms with van der Waals surface area (Å²) in [6.07, 6.45) is 0. The second-order valence-electron chi connectivity index (χ2n) is 3.89. The molecule has 0 aliphatic carbocycles. The van der Waals surface area contributed by atoms with Crippen LogP contribution in [0.5, 0.6) is 5.75 Å². The van der Waals surface area contributed by atoms with Crippen molar-refractivity contribution in [2.45, 2.75) is 6.92 Å². The van der Waals surface area contributed by atoms with Crippen molar-refractivity contribution in [3.05, 3.63) is 51.8 Å². The molecule has 1 aromatic heterocycles. The summed E-state index contributed by atoms with van der Waals surface area (Å²) < 4.78 is 0. The van der Waals surface area contributed by atoms with Crippen LogP contribution in [0.4, 0.5) is 5.69 Å². The summed E-state index contributed by atoms with van der Waals surface area (Å²) >= 11 is 11.7. The highest BCUT2D eigenvalue weighted by Gasteiger charge is 2.13. The minimum Gasteiger partial charge on any atom is -0.508 e. The van der Waals surface area contributed by atoms with Crippen molar-refractivity contribution in [2.24, 2.45) is 0 Å². The molecule has 0 saturated carbocycles. The molecule has 0 spiro atoms. The molecule has 0 radical (unpaired) electrons. The average molecular weight is 297 g/mol. The number of aryl methyl sites for hydroxylation is 1. The molecule has 0 saturated heterocycles. The van der Waals surface area contributed by atoms with Gasteiger partial charge in [-0.1, -0.05) is 23.2 Å². The molecule has 0 aliphatic rings. The van der Waals surface area contributed by atoms with E-state index in [2.05, 4.69) is 10.3 Å². The van der Waals surface area contributed by atoms with Crippen LogP contribution in [0.15, 0.2) is 30.3 Å². The molecule has 2 rings (SSSR count). The van der Waals surface area contributed by atoms with Crippen LogP contribution in [-0.2, 0) is 0 Å². The Bertz CT molecular complexity index is 645. The van der Waals surface area contributed by atoms with Gasteiger partial charge in [0.25, 0.3) is 5.91 Å². The Balaban J connectivity index is 2.28. The fourth-order valence-corrected chi connectivity index (χ4v) is 1.93. The second-order valence-corrected chi connectivity index (χ2v) is 4.68. The predicted octanol–water partition coefficient (Wildman–Crippen LogP) is 3.65. The zero-order valence-corrected chi connectivity index (χ0v) is 11.5. The molecular formula is C13H10Cl2N2O2. The monoisotopic (exact) mass is 296 g/mol. The van der Waals surface area contributed by atoms with Gasteiger partial charge in [0, 0.05) is 0 Å². The van der Waals surface area contributed by atoms with Gasteiger partial charge in [-0.2, -0.15) is 0 Å². The molecule has 1 aromatic carbocycles. The van der Waals surface area contributed by atoms with Crippen LogP contribution in [-0.4, -0.2) is 16.0 Å². The van der Waals surface area contributed by atoms with Gasteiger partial charge in [-0.05, 0) is 37.3 Å². The van der Waals surface area contributed by atoms with Crippen LogP contribution < -0.4 is 5.32 Å². The Hall–Kier alpha value is -1.78. The van der Waals surface area contributed by atoms with E-state index in [1.807, 2.05) is 0 Å². The van der Waals surface area contributed by atoms with Crippen molar-refractivity contribution in [2.75, 3.05) is 5.32 Å². The highest BCUT2D eigenvalue weighted by atomic mass is 35.5. The van der Waals surface area contributed by atoms with Gasteiger partial charge in [0.1, 0.15) is 10.9 Å². The number of rotatable bonds is 2. The number of pyridine rings is 1. The Kier molecular flexibility index (Phi) is 3.93. The normalized spacial score (nSPS) is 10.3. The van der Waals surface area contributed by atoms with Gasteiger partial charge >= 0.3 is 0 Å². The maximum atomic E-state index is 12.1. The number of hydrogen-bond donors (Lipinski definition) is 2. The molecule has 6 heteroatoms. The summed E-state index contributed by atoms with van der Waals surface area (Å²) in [7, 11) is 0. The Morgan fingerprint density at radius 2 is 2.00 bits per heavy atom. The summed E-state index contributed by atoms with van der Waals surface area (Å²) in [6.45, 7) is 1.73. The van der Waals surface area contributed by atoms with Crippen molar-refractivity contribution in [3.8, 4) is 5.75 Å². The molecule has 19 heavy (non-hydrogen) atoms.